The highest BCUT2D eigenvalue weighted by Crippen LogP contribution is 2.08. The molecule has 1 amide bonds. The molecule has 4 nitrogen and oxygen atoms in total. The summed E-state index contributed by atoms with van der Waals surface area (Å²) in [4.78, 5) is 18.6. The molecule has 0 bridgehead atoms. The van der Waals surface area contributed by atoms with E-state index in [0.717, 1.165) is 30.9 Å². The van der Waals surface area contributed by atoms with Gasteiger partial charge in [0.15, 0.2) is 0 Å². The Hall–Kier alpha value is -2.20. The van der Waals surface area contributed by atoms with Gasteiger partial charge in [-0.1, -0.05) is 38.1 Å². The SMILES string of the molecule is CCN(CC)Cc1ccc(CNC(=O)c2ccc(C)nc2)cc1. The Morgan fingerprint density at radius 1 is 1.04 bits per heavy atom. The highest BCUT2D eigenvalue weighted by Gasteiger charge is 2.06. The number of benzene rings is 1. The van der Waals surface area contributed by atoms with Gasteiger partial charge in [0.1, 0.15) is 0 Å². The van der Waals surface area contributed by atoms with Gasteiger partial charge in [0.05, 0.1) is 5.56 Å². The molecular formula is C19H25N3O. The first-order valence-electron chi connectivity index (χ1n) is 8.13. The number of rotatable bonds is 7. The summed E-state index contributed by atoms with van der Waals surface area (Å²) in [6, 6.07) is 12.1. The summed E-state index contributed by atoms with van der Waals surface area (Å²) < 4.78 is 0. The van der Waals surface area contributed by atoms with E-state index in [4.69, 9.17) is 0 Å². The Bertz CT molecular complexity index is 616. The van der Waals surface area contributed by atoms with Crippen LogP contribution in [0.3, 0.4) is 0 Å². The van der Waals surface area contributed by atoms with Crippen molar-refractivity contribution in [2.24, 2.45) is 0 Å². The lowest BCUT2D eigenvalue weighted by Gasteiger charge is -2.18. The topological polar surface area (TPSA) is 45.2 Å². The molecule has 0 radical (unpaired) electrons. The fourth-order valence-electron chi connectivity index (χ4n) is 2.35. The average Bonchev–Trinajstić information content (AvgIpc) is 2.59. The summed E-state index contributed by atoms with van der Waals surface area (Å²) in [6.07, 6.45) is 1.61. The molecular weight excluding hydrogens is 286 g/mol. The van der Waals surface area contributed by atoms with Gasteiger partial charge in [-0.2, -0.15) is 0 Å². The van der Waals surface area contributed by atoms with E-state index in [1.165, 1.54) is 5.56 Å². The molecule has 23 heavy (non-hydrogen) atoms. The molecule has 0 fully saturated rings. The average molecular weight is 311 g/mol. The van der Waals surface area contributed by atoms with Gasteiger partial charge in [-0.15, -0.1) is 0 Å². The van der Waals surface area contributed by atoms with Crippen molar-refractivity contribution < 1.29 is 4.79 Å². The van der Waals surface area contributed by atoms with Gasteiger partial charge in [-0.3, -0.25) is 14.7 Å². The normalized spacial score (nSPS) is 10.8. The van der Waals surface area contributed by atoms with Gasteiger partial charge in [-0.25, -0.2) is 0 Å². The van der Waals surface area contributed by atoms with E-state index < -0.39 is 0 Å². The second-order valence-electron chi connectivity index (χ2n) is 5.65. The molecule has 0 saturated heterocycles. The van der Waals surface area contributed by atoms with Crippen LogP contribution in [0.25, 0.3) is 0 Å². The van der Waals surface area contributed by atoms with E-state index in [2.05, 4.69) is 53.3 Å². The lowest BCUT2D eigenvalue weighted by atomic mass is 10.1. The summed E-state index contributed by atoms with van der Waals surface area (Å²) in [5.74, 6) is -0.0929. The second kappa shape index (κ2) is 8.44. The van der Waals surface area contributed by atoms with Gasteiger partial charge in [-0.05, 0) is 43.3 Å². The minimum atomic E-state index is -0.0929. The van der Waals surface area contributed by atoms with Crippen LogP contribution in [0.15, 0.2) is 42.6 Å². The predicted molar refractivity (Wildman–Crippen MR) is 93.2 cm³/mol. The molecule has 0 aliphatic carbocycles. The Morgan fingerprint density at radius 2 is 1.70 bits per heavy atom. The zero-order valence-electron chi connectivity index (χ0n) is 14.2. The molecule has 4 heteroatoms. The lowest BCUT2D eigenvalue weighted by Crippen LogP contribution is -2.23. The van der Waals surface area contributed by atoms with Crippen molar-refractivity contribution in [3.05, 3.63) is 65.0 Å². The van der Waals surface area contributed by atoms with Crippen LogP contribution in [0.2, 0.25) is 0 Å². The summed E-state index contributed by atoms with van der Waals surface area (Å²) in [7, 11) is 0. The Labute approximate surface area is 138 Å². The minimum absolute atomic E-state index is 0.0929. The largest absolute Gasteiger partial charge is 0.348 e. The molecule has 1 aromatic heterocycles. The molecule has 2 aromatic rings. The van der Waals surface area contributed by atoms with Gasteiger partial charge >= 0.3 is 0 Å². The molecule has 0 aliphatic heterocycles. The first-order valence-corrected chi connectivity index (χ1v) is 8.13. The number of carbonyl (C=O) groups excluding carboxylic acids is 1. The van der Waals surface area contributed by atoms with Crippen LogP contribution in [0.4, 0.5) is 0 Å². The van der Waals surface area contributed by atoms with Crippen molar-refractivity contribution in [1.82, 2.24) is 15.2 Å². The number of aromatic nitrogens is 1. The van der Waals surface area contributed by atoms with Gasteiger partial charge in [0, 0.05) is 25.0 Å². The van der Waals surface area contributed by atoms with Crippen molar-refractivity contribution in [1.29, 1.82) is 0 Å². The minimum Gasteiger partial charge on any atom is -0.348 e. The standard InChI is InChI=1S/C19H25N3O/c1-4-22(5-2)14-17-9-7-16(8-10-17)12-21-19(23)18-11-6-15(3)20-13-18/h6-11,13H,4-5,12,14H2,1-3H3,(H,21,23). The Morgan fingerprint density at radius 3 is 2.26 bits per heavy atom. The van der Waals surface area contributed by atoms with E-state index in [1.807, 2.05) is 13.0 Å². The molecule has 0 aliphatic rings. The number of hydrogen-bond acceptors (Lipinski definition) is 3. The lowest BCUT2D eigenvalue weighted by molar-refractivity contribution is 0.0950. The fourth-order valence-corrected chi connectivity index (χ4v) is 2.35. The van der Waals surface area contributed by atoms with Crippen LogP contribution in [-0.4, -0.2) is 28.9 Å². The van der Waals surface area contributed by atoms with Crippen molar-refractivity contribution >= 4 is 5.91 Å². The van der Waals surface area contributed by atoms with Crippen LogP contribution < -0.4 is 5.32 Å². The number of aryl methyl sites for hydroxylation is 1. The number of nitrogens with zero attached hydrogens (tertiary/aromatic N) is 2. The Kier molecular flexibility index (Phi) is 6.29. The van der Waals surface area contributed by atoms with Crippen LogP contribution in [-0.2, 0) is 13.1 Å². The van der Waals surface area contributed by atoms with E-state index >= 15 is 0 Å². The summed E-state index contributed by atoms with van der Waals surface area (Å²) in [5, 5.41) is 2.93. The third kappa shape index (κ3) is 5.18. The molecule has 1 aromatic carbocycles. The van der Waals surface area contributed by atoms with Gasteiger partial charge < -0.3 is 5.32 Å². The van der Waals surface area contributed by atoms with Crippen molar-refractivity contribution in [2.45, 2.75) is 33.9 Å². The molecule has 1 heterocycles. The maximum absolute atomic E-state index is 12.1. The van der Waals surface area contributed by atoms with Crippen molar-refractivity contribution in [2.75, 3.05) is 13.1 Å². The molecule has 1 N–H and O–H groups in total. The first-order chi connectivity index (χ1) is 11.1. The third-order valence-corrected chi connectivity index (χ3v) is 3.95. The van der Waals surface area contributed by atoms with Crippen LogP contribution >= 0.6 is 0 Å². The van der Waals surface area contributed by atoms with Crippen LogP contribution in [0.5, 0.6) is 0 Å². The number of amides is 1. The molecule has 0 spiro atoms. The van der Waals surface area contributed by atoms with Crippen molar-refractivity contribution in [3.8, 4) is 0 Å². The van der Waals surface area contributed by atoms with Gasteiger partial charge in [0.25, 0.3) is 5.91 Å². The summed E-state index contributed by atoms with van der Waals surface area (Å²) in [6.45, 7) is 9.85. The third-order valence-electron chi connectivity index (χ3n) is 3.95. The molecule has 122 valence electrons. The second-order valence-corrected chi connectivity index (χ2v) is 5.65. The van der Waals surface area contributed by atoms with Crippen LogP contribution in [0, 0.1) is 6.92 Å². The van der Waals surface area contributed by atoms with E-state index in [1.54, 1.807) is 12.3 Å². The maximum atomic E-state index is 12.1. The zero-order valence-corrected chi connectivity index (χ0v) is 14.2. The van der Waals surface area contributed by atoms with Crippen molar-refractivity contribution in [3.63, 3.8) is 0 Å². The molecule has 2 rings (SSSR count). The number of nitrogens with one attached hydrogen (secondary N) is 1. The van der Waals surface area contributed by atoms with Gasteiger partial charge in [0.2, 0.25) is 0 Å². The monoisotopic (exact) mass is 311 g/mol. The van der Waals surface area contributed by atoms with Crippen LogP contribution in [0.1, 0.15) is 41.0 Å². The number of pyridine rings is 1. The molecule has 0 atom stereocenters. The molecule has 0 saturated carbocycles. The highest BCUT2D eigenvalue weighted by atomic mass is 16.1. The smallest absolute Gasteiger partial charge is 0.253 e. The zero-order chi connectivity index (χ0) is 16.7. The summed E-state index contributed by atoms with van der Waals surface area (Å²) in [5.41, 5.74) is 3.90. The summed E-state index contributed by atoms with van der Waals surface area (Å²) >= 11 is 0. The first kappa shape index (κ1) is 17.2. The highest BCUT2D eigenvalue weighted by molar-refractivity contribution is 5.93. The predicted octanol–water partition coefficient (Wildman–Crippen LogP) is 3.16. The number of hydrogen-bond donors (Lipinski definition) is 1. The van der Waals surface area contributed by atoms with E-state index in [9.17, 15) is 4.79 Å². The fraction of sp³-hybridized carbons (Fsp3) is 0.368. The van der Waals surface area contributed by atoms with E-state index in [-0.39, 0.29) is 5.91 Å². The maximum Gasteiger partial charge on any atom is 0.253 e. The Balaban J connectivity index is 1.88. The molecule has 0 unspecified atom stereocenters. The number of carbonyl (C=O) groups is 1. The quantitative estimate of drug-likeness (QED) is 0.854. The van der Waals surface area contributed by atoms with E-state index in [0.29, 0.717) is 12.1 Å².